The molecule has 35 heavy (non-hydrogen) atoms. The Morgan fingerprint density at radius 2 is 2.00 bits per heavy atom. The zero-order valence-corrected chi connectivity index (χ0v) is 21.6. The highest BCUT2D eigenvalue weighted by Crippen LogP contribution is 2.37. The summed E-state index contributed by atoms with van der Waals surface area (Å²) in [6.07, 6.45) is 2.59. The standard InChI is InChI=1S/C26H33ClN4O4/c1-14-23(10-17-8-20(9-17)33-5)29-26(30-25(14)24-15(2)31-35-16(24)3)21-11-19(6-7-22(21)27)34-13-18(32)12-28-4/h6-7,11,17-18,20,28,32H,8-10,12-13H2,1-5H3/t17?,18-,20?/m0/s1. The van der Waals surface area contributed by atoms with Crippen LogP contribution < -0.4 is 10.1 Å². The van der Waals surface area contributed by atoms with Crippen LogP contribution in [0.4, 0.5) is 0 Å². The van der Waals surface area contributed by atoms with Gasteiger partial charge in [-0.05, 0) is 76.8 Å². The predicted molar refractivity (Wildman–Crippen MR) is 135 cm³/mol. The maximum atomic E-state index is 10.00. The first-order valence-electron chi connectivity index (χ1n) is 11.9. The number of nitrogens with one attached hydrogen (secondary N) is 1. The van der Waals surface area contributed by atoms with Gasteiger partial charge in [0.25, 0.3) is 0 Å². The van der Waals surface area contributed by atoms with Gasteiger partial charge in [0, 0.05) is 24.9 Å². The van der Waals surface area contributed by atoms with Crippen LogP contribution in [0.2, 0.25) is 5.02 Å². The van der Waals surface area contributed by atoms with Crippen molar-refractivity contribution in [2.45, 2.75) is 52.2 Å². The molecule has 1 fully saturated rings. The van der Waals surface area contributed by atoms with E-state index in [0.717, 1.165) is 47.5 Å². The average molecular weight is 501 g/mol. The van der Waals surface area contributed by atoms with Crippen molar-refractivity contribution in [3.8, 4) is 28.4 Å². The van der Waals surface area contributed by atoms with E-state index in [1.54, 1.807) is 26.3 Å². The van der Waals surface area contributed by atoms with Gasteiger partial charge in [0.1, 0.15) is 24.2 Å². The summed E-state index contributed by atoms with van der Waals surface area (Å²) in [5.41, 5.74) is 5.14. The quantitative estimate of drug-likeness (QED) is 0.424. The second-order valence-electron chi connectivity index (χ2n) is 9.23. The second kappa shape index (κ2) is 11.0. The van der Waals surface area contributed by atoms with E-state index in [4.69, 9.17) is 35.6 Å². The van der Waals surface area contributed by atoms with Gasteiger partial charge in [-0.2, -0.15) is 0 Å². The Labute approximate surface area is 211 Å². The van der Waals surface area contributed by atoms with E-state index >= 15 is 0 Å². The van der Waals surface area contributed by atoms with E-state index in [-0.39, 0.29) is 6.61 Å². The molecular formula is C26H33ClN4O4. The Morgan fingerprint density at radius 1 is 1.23 bits per heavy atom. The zero-order valence-electron chi connectivity index (χ0n) is 20.9. The molecule has 1 aromatic carbocycles. The lowest BCUT2D eigenvalue weighted by Gasteiger charge is -2.34. The summed E-state index contributed by atoms with van der Waals surface area (Å²) >= 11 is 6.61. The van der Waals surface area contributed by atoms with Crippen molar-refractivity contribution in [3.63, 3.8) is 0 Å². The van der Waals surface area contributed by atoms with Crippen molar-refractivity contribution in [1.82, 2.24) is 20.4 Å². The number of benzene rings is 1. The van der Waals surface area contributed by atoms with Gasteiger partial charge < -0.3 is 24.4 Å². The molecule has 9 heteroatoms. The van der Waals surface area contributed by atoms with Crippen LogP contribution in [-0.4, -0.2) is 59.7 Å². The van der Waals surface area contributed by atoms with Gasteiger partial charge in [0.2, 0.25) is 0 Å². The van der Waals surface area contributed by atoms with Crippen molar-refractivity contribution >= 4 is 11.6 Å². The van der Waals surface area contributed by atoms with Crippen molar-refractivity contribution < 1.29 is 19.1 Å². The minimum Gasteiger partial charge on any atom is -0.491 e. The molecule has 4 rings (SSSR count). The molecule has 1 atom stereocenters. The summed E-state index contributed by atoms with van der Waals surface area (Å²) in [6, 6.07) is 5.37. The molecule has 188 valence electrons. The van der Waals surface area contributed by atoms with Crippen molar-refractivity contribution in [2.75, 3.05) is 27.3 Å². The van der Waals surface area contributed by atoms with Crippen molar-refractivity contribution in [1.29, 1.82) is 0 Å². The number of aliphatic hydroxyl groups excluding tert-OH is 1. The maximum absolute atomic E-state index is 10.00. The maximum Gasteiger partial charge on any atom is 0.161 e. The Hall–Kier alpha value is -2.52. The smallest absolute Gasteiger partial charge is 0.161 e. The molecule has 1 aliphatic rings. The molecule has 0 radical (unpaired) electrons. The molecular weight excluding hydrogens is 468 g/mol. The van der Waals surface area contributed by atoms with E-state index in [1.807, 2.05) is 19.9 Å². The zero-order chi connectivity index (χ0) is 25.1. The lowest BCUT2D eigenvalue weighted by Crippen LogP contribution is -2.32. The lowest BCUT2D eigenvalue weighted by atomic mass is 9.78. The van der Waals surface area contributed by atoms with E-state index in [1.165, 1.54) is 0 Å². The number of aromatic nitrogens is 3. The molecule has 1 saturated carbocycles. The Morgan fingerprint density at radius 3 is 2.66 bits per heavy atom. The first-order chi connectivity index (χ1) is 16.8. The van der Waals surface area contributed by atoms with Gasteiger partial charge in [-0.25, -0.2) is 9.97 Å². The first-order valence-corrected chi connectivity index (χ1v) is 12.3. The van der Waals surface area contributed by atoms with Crippen LogP contribution in [0.3, 0.4) is 0 Å². The Kier molecular flexibility index (Phi) is 8.06. The third-order valence-corrected chi connectivity index (χ3v) is 6.92. The molecule has 0 spiro atoms. The first kappa shape index (κ1) is 25.6. The molecule has 8 nitrogen and oxygen atoms in total. The molecule has 1 aliphatic carbocycles. The van der Waals surface area contributed by atoms with Crippen LogP contribution in [0.25, 0.3) is 22.6 Å². The van der Waals surface area contributed by atoms with Gasteiger partial charge in [0.05, 0.1) is 28.1 Å². The van der Waals surface area contributed by atoms with Crippen molar-refractivity contribution in [2.24, 2.45) is 5.92 Å². The molecule has 0 unspecified atom stereocenters. The topological polar surface area (TPSA) is 103 Å². The highest BCUT2D eigenvalue weighted by molar-refractivity contribution is 6.33. The number of halogens is 1. The van der Waals surface area contributed by atoms with Crippen molar-refractivity contribution in [3.05, 3.63) is 45.9 Å². The van der Waals surface area contributed by atoms with E-state index in [2.05, 4.69) is 17.4 Å². The van der Waals surface area contributed by atoms with E-state index in [0.29, 0.717) is 46.5 Å². The summed E-state index contributed by atoms with van der Waals surface area (Å²) in [5, 5.41) is 17.6. The van der Waals surface area contributed by atoms with Crippen LogP contribution in [0.1, 0.15) is 35.6 Å². The molecule has 0 bridgehead atoms. The van der Waals surface area contributed by atoms with E-state index in [9.17, 15) is 5.11 Å². The second-order valence-corrected chi connectivity index (χ2v) is 9.64. The van der Waals surface area contributed by atoms with Gasteiger partial charge in [-0.15, -0.1) is 0 Å². The van der Waals surface area contributed by atoms with Gasteiger partial charge >= 0.3 is 0 Å². The largest absolute Gasteiger partial charge is 0.491 e. The average Bonchev–Trinajstić information content (AvgIpc) is 3.14. The number of ether oxygens (including phenoxy) is 2. The molecule has 2 N–H and O–H groups in total. The van der Waals surface area contributed by atoms with Crippen LogP contribution in [0.5, 0.6) is 5.75 Å². The fourth-order valence-corrected chi connectivity index (χ4v) is 4.71. The number of aryl methyl sites for hydroxylation is 2. The summed E-state index contributed by atoms with van der Waals surface area (Å²) in [5.74, 6) is 2.34. The van der Waals surface area contributed by atoms with Crippen LogP contribution in [0, 0.1) is 26.7 Å². The molecule has 2 heterocycles. The monoisotopic (exact) mass is 500 g/mol. The number of hydrogen-bond donors (Lipinski definition) is 2. The van der Waals surface area contributed by atoms with Gasteiger partial charge in [-0.3, -0.25) is 0 Å². The molecule has 0 aliphatic heterocycles. The minimum atomic E-state index is -0.620. The fraction of sp³-hybridized carbons (Fsp3) is 0.500. The SMILES string of the molecule is CNC[C@H](O)COc1ccc(Cl)c(-c2nc(CC3CC(OC)C3)c(C)c(-c3c(C)noc3C)n2)c1. The van der Waals surface area contributed by atoms with Crippen LogP contribution in [-0.2, 0) is 11.2 Å². The number of likely N-dealkylation sites (N-methyl/N-ethyl adjacent to an activating group) is 1. The predicted octanol–water partition coefficient (Wildman–Crippen LogP) is 4.30. The third-order valence-electron chi connectivity index (χ3n) is 6.59. The highest BCUT2D eigenvalue weighted by Gasteiger charge is 2.31. The minimum absolute atomic E-state index is 0.161. The molecule has 0 saturated heterocycles. The normalized spacial score (nSPS) is 18.4. The number of nitrogens with zero attached hydrogens (tertiary/aromatic N) is 3. The van der Waals surface area contributed by atoms with Gasteiger partial charge in [-0.1, -0.05) is 16.8 Å². The van der Waals surface area contributed by atoms with Crippen LogP contribution in [0.15, 0.2) is 22.7 Å². The molecule has 2 aromatic heterocycles. The number of methoxy groups -OCH3 is 1. The number of aliphatic hydroxyl groups is 1. The van der Waals surface area contributed by atoms with Crippen LogP contribution >= 0.6 is 11.6 Å². The lowest BCUT2D eigenvalue weighted by molar-refractivity contribution is 0.00112. The molecule has 3 aromatic rings. The number of hydrogen-bond acceptors (Lipinski definition) is 8. The van der Waals surface area contributed by atoms with E-state index < -0.39 is 6.10 Å². The summed E-state index contributed by atoms with van der Waals surface area (Å²) in [6.45, 7) is 6.46. The van der Waals surface area contributed by atoms with Gasteiger partial charge in [0.15, 0.2) is 5.82 Å². The summed E-state index contributed by atoms with van der Waals surface area (Å²) < 4.78 is 16.7. The summed E-state index contributed by atoms with van der Waals surface area (Å²) in [4.78, 5) is 9.91. The molecule has 0 amide bonds. The fourth-order valence-electron chi connectivity index (χ4n) is 4.51. The Bertz CT molecular complexity index is 1160. The summed E-state index contributed by atoms with van der Waals surface area (Å²) in [7, 11) is 3.55. The number of rotatable bonds is 10. The highest BCUT2D eigenvalue weighted by atomic mass is 35.5. The Balaban J connectivity index is 1.73. The third kappa shape index (κ3) is 5.67.